The number of anilines is 1. The number of benzene rings is 1. The molecule has 1 heterocycles. The van der Waals surface area contributed by atoms with Crippen LogP contribution in [0.2, 0.25) is 0 Å². The second-order valence-electron chi connectivity index (χ2n) is 4.06. The van der Waals surface area contributed by atoms with Crippen molar-refractivity contribution in [3.63, 3.8) is 0 Å². The van der Waals surface area contributed by atoms with E-state index < -0.39 is 5.82 Å². The highest BCUT2D eigenvalue weighted by molar-refractivity contribution is 5.93. The molecule has 0 aromatic heterocycles. The van der Waals surface area contributed by atoms with Gasteiger partial charge in [-0.05, 0) is 19.0 Å². The Labute approximate surface area is 99.2 Å². The first-order valence-corrected chi connectivity index (χ1v) is 5.55. The van der Waals surface area contributed by atoms with Gasteiger partial charge in [0.25, 0.3) is 0 Å². The van der Waals surface area contributed by atoms with E-state index in [1.54, 1.807) is 6.07 Å². The van der Waals surface area contributed by atoms with Gasteiger partial charge in [0.1, 0.15) is 11.6 Å². The Morgan fingerprint density at radius 2 is 2.35 bits per heavy atom. The lowest BCUT2D eigenvalue weighted by molar-refractivity contribution is -0.119. The van der Waals surface area contributed by atoms with Crippen LogP contribution in [-0.2, 0) is 4.79 Å². The monoisotopic (exact) mass is 238 g/mol. The highest BCUT2D eigenvalue weighted by atomic mass is 19.1. The largest absolute Gasteiger partial charge is 0.497 e. The average molecular weight is 238 g/mol. The van der Waals surface area contributed by atoms with Gasteiger partial charge in [-0.25, -0.2) is 4.39 Å². The van der Waals surface area contributed by atoms with E-state index in [0.29, 0.717) is 18.0 Å². The Kier molecular flexibility index (Phi) is 3.58. The number of carbonyl (C=O) groups is 1. The summed E-state index contributed by atoms with van der Waals surface area (Å²) < 4.78 is 18.1. The first-order valence-electron chi connectivity index (χ1n) is 5.55. The van der Waals surface area contributed by atoms with Crippen molar-refractivity contribution < 1.29 is 13.9 Å². The number of nitrogens with one attached hydrogen (secondary N) is 2. The third-order valence-electron chi connectivity index (χ3n) is 2.81. The van der Waals surface area contributed by atoms with Crippen LogP contribution in [0.5, 0.6) is 5.75 Å². The van der Waals surface area contributed by atoms with Crippen LogP contribution in [-0.4, -0.2) is 26.1 Å². The Hall–Kier alpha value is -1.62. The third-order valence-corrected chi connectivity index (χ3v) is 2.81. The minimum Gasteiger partial charge on any atom is -0.497 e. The van der Waals surface area contributed by atoms with Crippen molar-refractivity contribution >= 4 is 11.6 Å². The summed E-state index contributed by atoms with van der Waals surface area (Å²) in [5.41, 5.74) is 0.429. The van der Waals surface area contributed by atoms with Crippen molar-refractivity contribution in [3.05, 3.63) is 24.0 Å². The van der Waals surface area contributed by atoms with Gasteiger partial charge in [-0.2, -0.15) is 0 Å². The van der Waals surface area contributed by atoms with Crippen molar-refractivity contribution in [2.45, 2.75) is 6.42 Å². The molecule has 1 saturated heterocycles. The van der Waals surface area contributed by atoms with E-state index in [9.17, 15) is 9.18 Å². The van der Waals surface area contributed by atoms with Crippen LogP contribution in [0.15, 0.2) is 18.2 Å². The highest BCUT2D eigenvalue weighted by Crippen LogP contribution is 2.21. The van der Waals surface area contributed by atoms with Crippen LogP contribution in [0.4, 0.5) is 10.1 Å². The maximum atomic E-state index is 13.2. The van der Waals surface area contributed by atoms with Crippen molar-refractivity contribution in [2.24, 2.45) is 5.92 Å². The van der Waals surface area contributed by atoms with E-state index in [4.69, 9.17) is 4.74 Å². The van der Waals surface area contributed by atoms with E-state index in [1.165, 1.54) is 19.2 Å². The molecule has 5 heteroatoms. The summed E-state index contributed by atoms with van der Waals surface area (Å²) in [5.74, 6) is -0.152. The van der Waals surface area contributed by atoms with Crippen LogP contribution in [0.3, 0.4) is 0 Å². The van der Waals surface area contributed by atoms with Crippen molar-refractivity contribution in [3.8, 4) is 5.75 Å². The molecule has 0 radical (unpaired) electrons. The van der Waals surface area contributed by atoms with Gasteiger partial charge in [0.05, 0.1) is 13.0 Å². The molecular weight excluding hydrogens is 223 g/mol. The molecule has 92 valence electrons. The summed E-state index contributed by atoms with van der Waals surface area (Å²) in [5, 5.41) is 5.81. The van der Waals surface area contributed by atoms with Crippen LogP contribution >= 0.6 is 0 Å². The van der Waals surface area contributed by atoms with Gasteiger partial charge in [-0.1, -0.05) is 0 Å². The molecule has 1 aliphatic heterocycles. The quantitative estimate of drug-likeness (QED) is 0.836. The summed E-state index contributed by atoms with van der Waals surface area (Å²) in [6.07, 6.45) is 0.818. The molecule has 1 aromatic carbocycles. The lowest BCUT2D eigenvalue weighted by atomic mass is 10.1. The summed E-state index contributed by atoms with van der Waals surface area (Å²) in [6.45, 7) is 1.53. The fourth-order valence-corrected chi connectivity index (χ4v) is 1.88. The number of hydrogen-bond donors (Lipinski definition) is 2. The van der Waals surface area contributed by atoms with Crippen molar-refractivity contribution in [2.75, 3.05) is 25.5 Å². The molecule has 0 saturated carbocycles. The summed E-state index contributed by atoms with van der Waals surface area (Å²) in [7, 11) is 1.46. The van der Waals surface area contributed by atoms with Gasteiger partial charge in [0.15, 0.2) is 0 Å². The molecular formula is C12H15FN2O2. The molecule has 0 bridgehead atoms. The predicted octanol–water partition coefficient (Wildman–Crippen LogP) is 1.38. The van der Waals surface area contributed by atoms with E-state index >= 15 is 0 Å². The van der Waals surface area contributed by atoms with E-state index in [2.05, 4.69) is 10.6 Å². The zero-order chi connectivity index (χ0) is 12.3. The number of amides is 1. The Morgan fingerprint density at radius 1 is 1.53 bits per heavy atom. The zero-order valence-electron chi connectivity index (χ0n) is 9.63. The SMILES string of the molecule is COc1cc(F)cc(NC(=O)C2CCNC2)c1. The summed E-state index contributed by atoms with van der Waals surface area (Å²) in [4.78, 5) is 11.8. The summed E-state index contributed by atoms with van der Waals surface area (Å²) >= 11 is 0. The second-order valence-corrected chi connectivity index (χ2v) is 4.06. The molecule has 1 aromatic rings. The molecule has 4 nitrogen and oxygen atoms in total. The van der Waals surface area contributed by atoms with Crippen molar-refractivity contribution in [1.82, 2.24) is 5.32 Å². The molecule has 0 aliphatic carbocycles. The Bertz CT molecular complexity index is 417. The number of hydrogen-bond acceptors (Lipinski definition) is 3. The minimum absolute atomic E-state index is 0.0377. The molecule has 1 aliphatic rings. The molecule has 1 unspecified atom stereocenters. The topological polar surface area (TPSA) is 50.4 Å². The van der Waals surface area contributed by atoms with Gasteiger partial charge >= 0.3 is 0 Å². The first-order chi connectivity index (χ1) is 8.19. The normalized spacial score (nSPS) is 19.1. The summed E-state index contributed by atoms with van der Waals surface area (Å²) in [6, 6.07) is 4.15. The molecule has 17 heavy (non-hydrogen) atoms. The number of rotatable bonds is 3. The lowest BCUT2D eigenvalue weighted by Gasteiger charge is -2.11. The Morgan fingerprint density at radius 3 is 3.00 bits per heavy atom. The fraction of sp³-hybridized carbons (Fsp3) is 0.417. The number of ether oxygens (including phenoxy) is 1. The van der Waals surface area contributed by atoms with Crippen molar-refractivity contribution in [1.29, 1.82) is 0 Å². The molecule has 2 N–H and O–H groups in total. The molecule has 1 fully saturated rings. The maximum absolute atomic E-state index is 13.2. The maximum Gasteiger partial charge on any atom is 0.228 e. The smallest absolute Gasteiger partial charge is 0.228 e. The molecule has 1 atom stereocenters. The average Bonchev–Trinajstić information content (AvgIpc) is 2.81. The lowest BCUT2D eigenvalue weighted by Crippen LogP contribution is -2.24. The van der Waals surface area contributed by atoms with Gasteiger partial charge in [0.2, 0.25) is 5.91 Å². The van der Waals surface area contributed by atoms with Gasteiger partial charge in [-0.3, -0.25) is 4.79 Å². The Balaban J connectivity index is 2.06. The highest BCUT2D eigenvalue weighted by Gasteiger charge is 2.22. The number of carbonyl (C=O) groups excluding carboxylic acids is 1. The van der Waals surface area contributed by atoms with Crippen LogP contribution < -0.4 is 15.4 Å². The molecule has 1 amide bonds. The third kappa shape index (κ3) is 2.94. The van der Waals surface area contributed by atoms with E-state index in [-0.39, 0.29) is 11.8 Å². The number of halogens is 1. The number of methoxy groups -OCH3 is 1. The van der Waals surface area contributed by atoms with Crippen LogP contribution in [0, 0.1) is 11.7 Å². The van der Waals surface area contributed by atoms with Crippen LogP contribution in [0.25, 0.3) is 0 Å². The van der Waals surface area contributed by atoms with E-state index in [1.807, 2.05) is 0 Å². The van der Waals surface area contributed by atoms with Gasteiger partial charge in [0, 0.05) is 24.4 Å². The molecule has 2 rings (SSSR count). The standard InChI is InChI=1S/C12H15FN2O2/c1-17-11-5-9(13)4-10(6-11)15-12(16)8-2-3-14-7-8/h4-6,8,14H,2-3,7H2,1H3,(H,15,16). The minimum atomic E-state index is -0.427. The van der Waals surface area contributed by atoms with Crippen LogP contribution in [0.1, 0.15) is 6.42 Å². The first kappa shape index (κ1) is 11.9. The second kappa shape index (κ2) is 5.14. The molecule has 0 spiro atoms. The predicted molar refractivity (Wildman–Crippen MR) is 62.6 cm³/mol. The van der Waals surface area contributed by atoms with Gasteiger partial charge in [-0.15, -0.1) is 0 Å². The zero-order valence-corrected chi connectivity index (χ0v) is 9.63. The fourth-order valence-electron chi connectivity index (χ4n) is 1.88. The van der Waals surface area contributed by atoms with E-state index in [0.717, 1.165) is 13.0 Å². The van der Waals surface area contributed by atoms with Gasteiger partial charge < -0.3 is 15.4 Å².